The number of hydrogen-bond acceptors (Lipinski definition) is 3. The summed E-state index contributed by atoms with van der Waals surface area (Å²) in [5.74, 6) is -0.935. The van der Waals surface area contributed by atoms with Gasteiger partial charge in [-0.15, -0.1) is 0 Å². The maximum atomic E-state index is 14.0. The van der Waals surface area contributed by atoms with Gasteiger partial charge in [0.05, 0.1) is 6.54 Å². The summed E-state index contributed by atoms with van der Waals surface area (Å²) in [7, 11) is 0. The number of aryl methyl sites for hydroxylation is 2. The van der Waals surface area contributed by atoms with E-state index in [1.807, 2.05) is 12.1 Å². The molecule has 0 unspecified atom stereocenters. The SMILES string of the molecule is O=C(Nc1ccc2c(c1)CCC2)c1cc2n(n1)CCN(Cc1ccccc1F)C2=O. The van der Waals surface area contributed by atoms with Crippen molar-refractivity contribution >= 4 is 17.5 Å². The van der Waals surface area contributed by atoms with E-state index in [1.54, 1.807) is 27.8 Å². The first-order chi connectivity index (χ1) is 14.6. The van der Waals surface area contributed by atoms with Gasteiger partial charge in [-0.3, -0.25) is 14.3 Å². The van der Waals surface area contributed by atoms with Gasteiger partial charge in [0.15, 0.2) is 5.69 Å². The number of anilines is 1. The predicted octanol–water partition coefficient (Wildman–Crippen LogP) is 3.42. The molecule has 0 saturated heterocycles. The number of carbonyl (C=O) groups excluding carboxylic acids is 2. The molecule has 5 rings (SSSR count). The van der Waals surface area contributed by atoms with E-state index in [2.05, 4.69) is 16.5 Å². The Labute approximate surface area is 173 Å². The van der Waals surface area contributed by atoms with Gasteiger partial charge in [0, 0.05) is 30.4 Å². The van der Waals surface area contributed by atoms with Crippen molar-refractivity contribution in [2.24, 2.45) is 0 Å². The number of hydrogen-bond donors (Lipinski definition) is 1. The molecule has 2 heterocycles. The minimum atomic E-state index is -0.344. The van der Waals surface area contributed by atoms with Crippen molar-refractivity contribution in [3.8, 4) is 0 Å². The Morgan fingerprint density at radius 3 is 2.77 bits per heavy atom. The predicted molar refractivity (Wildman–Crippen MR) is 110 cm³/mol. The van der Waals surface area contributed by atoms with Crippen molar-refractivity contribution in [2.75, 3.05) is 11.9 Å². The third-order valence-corrected chi connectivity index (χ3v) is 5.78. The zero-order chi connectivity index (χ0) is 20.7. The monoisotopic (exact) mass is 404 g/mol. The molecule has 152 valence electrons. The Kier molecular flexibility index (Phi) is 4.58. The van der Waals surface area contributed by atoms with Crippen molar-refractivity contribution in [1.82, 2.24) is 14.7 Å². The molecule has 2 amide bonds. The molecule has 0 fully saturated rings. The van der Waals surface area contributed by atoms with Crippen LogP contribution in [0.1, 0.15) is 44.1 Å². The fourth-order valence-electron chi connectivity index (χ4n) is 4.18. The lowest BCUT2D eigenvalue weighted by atomic mass is 10.1. The van der Waals surface area contributed by atoms with Crippen molar-refractivity contribution in [3.63, 3.8) is 0 Å². The Hall–Kier alpha value is -3.48. The number of benzene rings is 2. The van der Waals surface area contributed by atoms with Crippen LogP contribution in [0.2, 0.25) is 0 Å². The van der Waals surface area contributed by atoms with Crippen LogP contribution >= 0.6 is 0 Å². The minimum Gasteiger partial charge on any atom is -0.331 e. The highest BCUT2D eigenvalue weighted by molar-refractivity contribution is 6.04. The summed E-state index contributed by atoms with van der Waals surface area (Å²) in [5.41, 5.74) is 4.36. The van der Waals surface area contributed by atoms with Gasteiger partial charge in [0.2, 0.25) is 0 Å². The van der Waals surface area contributed by atoms with Gasteiger partial charge < -0.3 is 10.2 Å². The van der Waals surface area contributed by atoms with Gasteiger partial charge in [0.25, 0.3) is 11.8 Å². The van der Waals surface area contributed by atoms with Gasteiger partial charge in [-0.25, -0.2) is 4.39 Å². The Morgan fingerprint density at radius 2 is 1.90 bits per heavy atom. The number of amides is 2. The molecule has 0 saturated carbocycles. The molecule has 1 aliphatic carbocycles. The molecule has 1 N–H and O–H groups in total. The standard InChI is InChI=1S/C23H21FN4O2/c24-19-7-2-1-4-17(19)14-27-10-11-28-21(23(27)30)13-20(26-28)22(29)25-18-9-8-15-5-3-6-16(15)12-18/h1-2,4,7-9,12-13H,3,5-6,10-11,14H2,(H,25,29). The number of halogens is 1. The molecule has 30 heavy (non-hydrogen) atoms. The van der Waals surface area contributed by atoms with Gasteiger partial charge in [-0.1, -0.05) is 24.3 Å². The third-order valence-electron chi connectivity index (χ3n) is 5.78. The van der Waals surface area contributed by atoms with E-state index in [9.17, 15) is 14.0 Å². The molecule has 0 radical (unpaired) electrons. The highest BCUT2D eigenvalue weighted by Gasteiger charge is 2.28. The van der Waals surface area contributed by atoms with Crippen molar-refractivity contribution in [1.29, 1.82) is 0 Å². The summed E-state index contributed by atoms with van der Waals surface area (Å²) in [4.78, 5) is 27.1. The molecule has 0 spiro atoms. The fourth-order valence-corrected chi connectivity index (χ4v) is 4.18. The van der Waals surface area contributed by atoms with E-state index in [0.29, 0.717) is 24.3 Å². The molecular weight excluding hydrogens is 383 g/mol. The van der Waals surface area contributed by atoms with Crippen LogP contribution in [0.3, 0.4) is 0 Å². The summed E-state index contributed by atoms with van der Waals surface area (Å²) in [6.07, 6.45) is 3.26. The number of nitrogens with zero attached hydrogens (tertiary/aromatic N) is 3. The lowest BCUT2D eigenvalue weighted by molar-refractivity contribution is 0.0681. The second-order valence-electron chi connectivity index (χ2n) is 7.75. The summed E-state index contributed by atoms with van der Waals surface area (Å²) in [6, 6.07) is 13.9. The first-order valence-electron chi connectivity index (χ1n) is 10.1. The van der Waals surface area contributed by atoms with E-state index < -0.39 is 0 Å². The van der Waals surface area contributed by atoms with Crippen molar-refractivity contribution < 1.29 is 14.0 Å². The van der Waals surface area contributed by atoms with Gasteiger partial charge in [-0.05, 0) is 48.6 Å². The topological polar surface area (TPSA) is 67.2 Å². The first-order valence-corrected chi connectivity index (χ1v) is 10.1. The molecule has 0 bridgehead atoms. The largest absolute Gasteiger partial charge is 0.331 e. The highest BCUT2D eigenvalue weighted by Crippen LogP contribution is 2.25. The molecule has 0 atom stereocenters. The van der Waals surface area contributed by atoms with E-state index in [0.717, 1.165) is 24.9 Å². The second kappa shape index (κ2) is 7.40. The molecule has 6 nitrogen and oxygen atoms in total. The number of rotatable bonds is 4. The van der Waals surface area contributed by atoms with Gasteiger partial charge in [0.1, 0.15) is 11.5 Å². The zero-order valence-corrected chi connectivity index (χ0v) is 16.4. The Balaban J connectivity index is 1.32. The van der Waals surface area contributed by atoms with Crippen molar-refractivity contribution in [3.05, 3.63) is 82.4 Å². The third kappa shape index (κ3) is 3.36. The lowest BCUT2D eigenvalue weighted by Gasteiger charge is -2.27. The minimum absolute atomic E-state index is 0.188. The van der Waals surface area contributed by atoms with E-state index >= 15 is 0 Å². The first kappa shape index (κ1) is 18.5. The lowest BCUT2D eigenvalue weighted by Crippen LogP contribution is -2.40. The zero-order valence-electron chi connectivity index (χ0n) is 16.4. The number of carbonyl (C=O) groups is 2. The molecule has 2 aromatic carbocycles. The van der Waals surface area contributed by atoms with Gasteiger partial charge >= 0.3 is 0 Å². The maximum absolute atomic E-state index is 14.0. The Morgan fingerprint density at radius 1 is 1.07 bits per heavy atom. The molecule has 3 aromatic rings. The van der Waals surface area contributed by atoms with Crippen LogP contribution in [0.4, 0.5) is 10.1 Å². The second-order valence-corrected chi connectivity index (χ2v) is 7.75. The number of fused-ring (bicyclic) bond motifs is 2. The maximum Gasteiger partial charge on any atom is 0.276 e. The normalized spacial score (nSPS) is 15.1. The van der Waals surface area contributed by atoms with E-state index in [-0.39, 0.29) is 29.9 Å². The summed E-state index contributed by atoms with van der Waals surface area (Å²) >= 11 is 0. The van der Waals surface area contributed by atoms with Crippen molar-refractivity contribution in [2.45, 2.75) is 32.4 Å². The number of aromatic nitrogens is 2. The molecular formula is C23H21FN4O2. The quantitative estimate of drug-likeness (QED) is 0.725. The molecule has 1 aromatic heterocycles. The molecule has 2 aliphatic rings. The fraction of sp³-hybridized carbons (Fsp3) is 0.261. The Bertz CT molecular complexity index is 1150. The van der Waals surface area contributed by atoms with Crippen LogP contribution in [-0.2, 0) is 25.9 Å². The van der Waals surface area contributed by atoms with Crippen LogP contribution in [0, 0.1) is 5.82 Å². The van der Waals surface area contributed by atoms with Crippen LogP contribution in [-0.4, -0.2) is 33.0 Å². The van der Waals surface area contributed by atoms with Gasteiger partial charge in [-0.2, -0.15) is 5.10 Å². The van der Waals surface area contributed by atoms with E-state index in [1.165, 1.54) is 23.3 Å². The summed E-state index contributed by atoms with van der Waals surface area (Å²) in [5, 5.41) is 7.19. The highest BCUT2D eigenvalue weighted by atomic mass is 19.1. The smallest absolute Gasteiger partial charge is 0.276 e. The van der Waals surface area contributed by atoms with Crippen LogP contribution in [0.15, 0.2) is 48.5 Å². The van der Waals surface area contributed by atoms with Crippen LogP contribution < -0.4 is 5.32 Å². The average molecular weight is 404 g/mol. The van der Waals surface area contributed by atoms with E-state index in [4.69, 9.17) is 0 Å². The summed E-state index contributed by atoms with van der Waals surface area (Å²) < 4.78 is 15.5. The average Bonchev–Trinajstić information content (AvgIpc) is 3.38. The molecule has 1 aliphatic heterocycles. The van der Waals surface area contributed by atoms with Crippen LogP contribution in [0.5, 0.6) is 0 Å². The molecule has 7 heteroatoms. The van der Waals surface area contributed by atoms with Crippen LogP contribution in [0.25, 0.3) is 0 Å². The summed E-state index contributed by atoms with van der Waals surface area (Å²) in [6.45, 7) is 1.06. The number of nitrogens with one attached hydrogen (secondary N) is 1.